The van der Waals surface area contributed by atoms with Gasteiger partial charge in [-0.2, -0.15) is 0 Å². The van der Waals surface area contributed by atoms with Crippen LogP contribution in [0.15, 0.2) is 18.2 Å². The van der Waals surface area contributed by atoms with Crippen molar-refractivity contribution in [1.82, 2.24) is 5.32 Å². The Kier molecular flexibility index (Phi) is 4.06. The summed E-state index contributed by atoms with van der Waals surface area (Å²) in [6.45, 7) is 7.65. The van der Waals surface area contributed by atoms with Crippen molar-refractivity contribution in [3.8, 4) is 0 Å². The summed E-state index contributed by atoms with van der Waals surface area (Å²) in [4.78, 5) is 0. The highest BCUT2D eigenvalue weighted by Gasteiger charge is 2.37. The molecule has 0 saturated heterocycles. The van der Waals surface area contributed by atoms with E-state index >= 15 is 0 Å². The van der Waals surface area contributed by atoms with Crippen molar-refractivity contribution in [3.63, 3.8) is 0 Å². The third-order valence-corrected chi connectivity index (χ3v) is 4.27. The van der Waals surface area contributed by atoms with Crippen molar-refractivity contribution in [3.05, 3.63) is 35.1 Å². The SMILES string of the molecule is CCCNC1CCC(C)(c2cc(F)ccc2C)C1. The third kappa shape index (κ3) is 2.74. The van der Waals surface area contributed by atoms with E-state index in [1.165, 1.54) is 24.0 Å². The Labute approximate surface area is 110 Å². The predicted octanol–water partition coefficient (Wildman–Crippen LogP) is 3.94. The van der Waals surface area contributed by atoms with E-state index in [0.29, 0.717) is 6.04 Å². The first kappa shape index (κ1) is 13.5. The predicted molar refractivity (Wildman–Crippen MR) is 74.4 cm³/mol. The number of aryl methyl sites for hydroxylation is 1. The van der Waals surface area contributed by atoms with Gasteiger partial charge in [0, 0.05) is 6.04 Å². The minimum atomic E-state index is -0.109. The molecule has 1 aromatic carbocycles. The molecule has 1 N–H and O–H groups in total. The molecule has 2 heteroatoms. The van der Waals surface area contributed by atoms with E-state index in [0.717, 1.165) is 19.4 Å². The van der Waals surface area contributed by atoms with Gasteiger partial charge in [-0.15, -0.1) is 0 Å². The minimum absolute atomic E-state index is 0.109. The van der Waals surface area contributed by atoms with Crippen LogP contribution in [0.4, 0.5) is 4.39 Å². The van der Waals surface area contributed by atoms with Gasteiger partial charge in [-0.3, -0.25) is 0 Å². The van der Waals surface area contributed by atoms with Crippen LogP contribution < -0.4 is 5.32 Å². The van der Waals surface area contributed by atoms with Gasteiger partial charge >= 0.3 is 0 Å². The minimum Gasteiger partial charge on any atom is -0.314 e. The normalized spacial score (nSPS) is 27.7. The first-order valence-corrected chi connectivity index (χ1v) is 7.05. The third-order valence-electron chi connectivity index (χ3n) is 4.27. The van der Waals surface area contributed by atoms with E-state index < -0.39 is 0 Å². The zero-order chi connectivity index (χ0) is 13.2. The van der Waals surface area contributed by atoms with Crippen LogP contribution in [-0.4, -0.2) is 12.6 Å². The van der Waals surface area contributed by atoms with E-state index in [1.54, 1.807) is 12.1 Å². The number of rotatable bonds is 4. The second-order valence-electron chi connectivity index (χ2n) is 5.91. The molecule has 2 rings (SSSR count). The molecule has 100 valence electrons. The Morgan fingerprint density at radius 1 is 1.44 bits per heavy atom. The fourth-order valence-electron chi connectivity index (χ4n) is 3.25. The van der Waals surface area contributed by atoms with E-state index in [-0.39, 0.29) is 11.2 Å². The first-order valence-electron chi connectivity index (χ1n) is 7.05. The Balaban J connectivity index is 2.15. The molecule has 0 radical (unpaired) electrons. The van der Waals surface area contributed by atoms with Gasteiger partial charge in [-0.1, -0.05) is 19.9 Å². The fourth-order valence-corrected chi connectivity index (χ4v) is 3.25. The molecule has 1 aliphatic carbocycles. The molecule has 1 fully saturated rings. The quantitative estimate of drug-likeness (QED) is 0.852. The lowest BCUT2D eigenvalue weighted by Crippen LogP contribution is -2.29. The van der Waals surface area contributed by atoms with E-state index in [4.69, 9.17) is 0 Å². The lowest BCUT2D eigenvalue weighted by atomic mass is 9.78. The van der Waals surface area contributed by atoms with E-state index in [2.05, 4.69) is 26.1 Å². The van der Waals surface area contributed by atoms with Crippen molar-refractivity contribution >= 4 is 0 Å². The van der Waals surface area contributed by atoms with Crippen molar-refractivity contribution in [2.75, 3.05) is 6.54 Å². The fraction of sp³-hybridized carbons (Fsp3) is 0.625. The molecule has 0 amide bonds. The topological polar surface area (TPSA) is 12.0 Å². The average molecular weight is 249 g/mol. The summed E-state index contributed by atoms with van der Waals surface area (Å²) >= 11 is 0. The Bertz CT molecular complexity index is 416. The highest BCUT2D eigenvalue weighted by atomic mass is 19.1. The second kappa shape index (κ2) is 5.40. The van der Waals surface area contributed by atoms with Crippen LogP contribution in [0.3, 0.4) is 0 Å². The molecule has 2 unspecified atom stereocenters. The van der Waals surface area contributed by atoms with Gasteiger partial charge < -0.3 is 5.32 Å². The molecule has 0 bridgehead atoms. The van der Waals surface area contributed by atoms with E-state index in [1.807, 2.05) is 6.07 Å². The molecule has 0 heterocycles. The number of nitrogens with one attached hydrogen (secondary N) is 1. The van der Waals surface area contributed by atoms with Crippen molar-refractivity contribution in [2.24, 2.45) is 0 Å². The Morgan fingerprint density at radius 3 is 2.94 bits per heavy atom. The number of hydrogen-bond donors (Lipinski definition) is 1. The van der Waals surface area contributed by atoms with Crippen LogP contribution in [0, 0.1) is 12.7 Å². The maximum atomic E-state index is 13.5. The molecular weight excluding hydrogens is 225 g/mol. The van der Waals surface area contributed by atoms with Gasteiger partial charge in [-0.05, 0) is 67.8 Å². The summed E-state index contributed by atoms with van der Waals surface area (Å²) < 4.78 is 13.5. The van der Waals surface area contributed by atoms with Gasteiger partial charge in [0.1, 0.15) is 5.82 Å². The standard InChI is InChI=1S/C16H24FN/c1-4-9-18-14-7-8-16(3,11-14)15-10-13(17)6-5-12(15)2/h5-6,10,14,18H,4,7-9,11H2,1-3H3. The molecule has 1 saturated carbocycles. The molecular formula is C16H24FN. The van der Waals surface area contributed by atoms with E-state index in [9.17, 15) is 4.39 Å². The van der Waals surface area contributed by atoms with Crippen LogP contribution in [-0.2, 0) is 5.41 Å². The van der Waals surface area contributed by atoms with Gasteiger partial charge in [0.05, 0.1) is 0 Å². The summed E-state index contributed by atoms with van der Waals surface area (Å²) in [6.07, 6.45) is 4.65. The Morgan fingerprint density at radius 2 is 2.22 bits per heavy atom. The van der Waals surface area contributed by atoms with Crippen LogP contribution in [0.2, 0.25) is 0 Å². The van der Waals surface area contributed by atoms with Crippen LogP contribution >= 0.6 is 0 Å². The molecule has 18 heavy (non-hydrogen) atoms. The Hall–Kier alpha value is -0.890. The molecule has 1 aromatic rings. The summed E-state index contributed by atoms with van der Waals surface area (Å²) in [5.41, 5.74) is 2.55. The zero-order valence-electron chi connectivity index (χ0n) is 11.7. The van der Waals surface area contributed by atoms with Crippen molar-refractivity contribution in [1.29, 1.82) is 0 Å². The van der Waals surface area contributed by atoms with Crippen LogP contribution in [0.1, 0.15) is 50.7 Å². The first-order chi connectivity index (χ1) is 8.55. The molecule has 0 aliphatic heterocycles. The molecule has 2 atom stereocenters. The van der Waals surface area contributed by atoms with Gasteiger partial charge in [0.25, 0.3) is 0 Å². The second-order valence-corrected chi connectivity index (χ2v) is 5.91. The lowest BCUT2D eigenvalue weighted by molar-refractivity contribution is 0.448. The smallest absolute Gasteiger partial charge is 0.123 e. The zero-order valence-corrected chi connectivity index (χ0v) is 11.7. The summed E-state index contributed by atoms with van der Waals surface area (Å²) in [6, 6.07) is 5.79. The molecule has 1 nitrogen and oxygen atoms in total. The molecule has 1 aliphatic rings. The van der Waals surface area contributed by atoms with Crippen molar-refractivity contribution < 1.29 is 4.39 Å². The largest absolute Gasteiger partial charge is 0.314 e. The number of benzene rings is 1. The lowest BCUT2D eigenvalue weighted by Gasteiger charge is -2.27. The average Bonchev–Trinajstić information content (AvgIpc) is 2.73. The summed E-state index contributed by atoms with van der Waals surface area (Å²) in [5.74, 6) is -0.109. The van der Waals surface area contributed by atoms with Crippen LogP contribution in [0.5, 0.6) is 0 Å². The van der Waals surface area contributed by atoms with Gasteiger partial charge in [-0.25, -0.2) is 4.39 Å². The maximum Gasteiger partial charge on any atom is 0.123 e. The monoisotopic (exact) mass is 249 g/mol. The van der Waals surface area contributed by atoms with Gasteiger partial charge in [0.2, 0.25) is 0 Å². The summed E-state index contributed by atoms with van der Waals surface area (Å²) in [7, 11) is 0. The molecule has 0 spiro atoms. The van der Waals surface area contributed by atoms with Crippen molar-refractivity contribution in [2.45, 2.75) is 57.9 Å². The maximum absolute atomic E-state index is 13.5. The highest BCUT2D eigenvalue weighted by molar-refractivity contribution is 5.34. The highest BCUT2D eigenvalue weighted by Crippen LogP contribution is 2.42. The van der Waals surface area contributed by atoms with Crippen LogP contribution in [0.25, 0.3) is 0 Å². The number of hydrogen-bond acceptors (Lipinski definition) is 1. The summed E-state index contributed by atoms with van der Waals surface area (Å²) in [5, 5.41) is 3.60. The number of halogens is 1. The van der Waals surface area contributed by atoms with Gasteiger partial charge in [0.15, 0.2) is 0 Å². The molecule has 0 aromatic heterocycles.